The molecule has 0 spiro atoms. The standard InChI is InChI=1S/C23H25ClN2O4/c1-25(2)12-7-13-26-20(15-8-5-4-6-9-15)19(22(28)23(26)29)21(27)16-10-11-18(30-3)17(24)14-16/h4-6,8-11,14,20,27H,7,12-13H2,1-3H3/b21-19-/t20-/m0/s1. The number of nitrogens with zero attached hydrogens (tertiary/aromatic N) is 2. The number of hydrogen-bond acceptors (Lipinski definition) is 5. The van der Waals surface area contributed by atoms with Gasteiger partial charge in [-0.05, 0) is 50.8 Å². The van der Waals surface area contributed by atoms with Crippen molar-refractivity contribution in [3.8, 4) is 5.75 Å². The minimum atomic E-state index is -0.696. The summed E-state index contributed by atoms with van der Waals surface area (Å²) in [6.07, 6.45) is 0.706. The molecule has 2 aromatic carbocycles. The second-order valence-electron chi connectivity index (χ2n) is 7.41. The molecule has 0 saturated carbocycles. The number of benzene rings is 2. The number of methoxy groups -OCH3 is 1. The fourth-order valence-corrected chi connectivity index (χ4v) is 3.88. The zero-order valence-corrected chi connectivity index (χ0v) is 18.0. The normalized spacial score (nSPS) is 18.3. The van der Waals surface area contributed by atoms with Gasteiger partial charge in [-0.15, -0.1) is 0 Å². The number of hydrogen-bond donors (Lipinski definition) is 1. The van der Waals surface area contributed by atoms with Crippen LogP contribution in [0.25, 0.3) is 5.76 Å². The van der Waals surface area contributed by atoms with Gasteiger partial charge < -0.3 is 19.6 Å². The van der Waals surface area contributed by atoms with Crippen molar-refractivity contribution >= 4 is 29.1 Å². The summed E-state index contributed by atoms with van der Waals surface area (Å²) in [6, 6.07) is 13.4. The molecule has 1 saturated heterocycles. The Kier molecular flexibility index (Phi) is 6.80. The highest BCUT2D eigenvalue weighted by Gasteiger charge is 2.45. The van der Waals surface area contributed by atoms with Crippen LogP contribution in [0.5, 0.6) is 5.75 Å². The highest BCUT2D eigenvalue weighted by Crippen LogP contribution is 2.40. The molecule has 0 unspecified atom stereocenters. The van der Waals surface area contributed by atoms with E-state index < -0.39 is 17.7 Å². The fraction of sp³-hybridized carbons (Fsp3) is 0.304. The molecular formula is C23H25ClN2O4. The zero-order valence-electron chi connectivity index (χ0n) is 17.3. The molecule has 1 amide bonds. The van der Waals surface area contributed by atoms with Crippen molar-refractivity contribution in [2.24, 2.45) is 0 Å². The third-order valence-corrected chi connectivity index (χ3v) is 5.38. The van der Waals surface area contributed by atoms with Crippen molar-refractivity contribution in [3.63, 3.8) is 0 Å². The molecule has 1 aliphatic rings. The lowest BCUT2D eigenvalue weighted by Gasteiger charge is -2.26. The molecule has 0 aromatic heterocycles. The van der Waals surface area contributed by atoms with Crippen LogP contribution in [0.4, 0.5) is 0 Å². The highest BCUT2D eigenvalue weighted by atomic mass is 35.5. The molecule has 158 valence electrons. The largest absolute Gasteiger partial charge is 0.507 e. The zero-order chi connectivity index (χ0) is 21.8. The van der Waals surface area contributed by atoms with Crippen LogP contribution in [0.3, 0.4) is 0 Å². The van der Waals surface area contributed by atoms with Gasteiger partial charge in [0.2, 0.25) is 0 Å². The first-order valence-electron chi connectivity index (χ1n) is 9.67. The summed E-state index contributed by atoms with van der Waals surface area (Å²) in [5.41, 5.74) is 1.19. The molecule has 6 nitrogen and oxygen atoms in total. The Bertz CT molecular complexity index is 972. The number of amides is 1. The van der Waals surface area contributed by atoms with Crippen molar-refractivity contribution in [1.82, 2.24) is 9.80 Å². The number of carbonyl (C=O) groups excluding carboxylic acids is 2. The summed E-state index contributed by atoms with van der Waals surface area (Å²) in [4.78, 5) is 29.4. The number of carbonyl (C=O) groups is 2. The minimum Gasteiger partial charge on any atom is -0.507 e. The minimum absolute atomic E-state index is 0.0669. The predicted molar refractivity (Wildman–Crippen MR) is 117 cm³/mol. The molecule has 1 N–H and O–H groups in total. The second kappa shape index (κ2) is 9.32. The van der Waals surface area contributed by atoms with Crippen molar-refractivity contribution in [1.29, 1.82) is 0 Å². The van der Waals surface area contributed by atoms with Crippen molar-refractivity contribution < 1.29 is 19.4 Å². The van der Waals surface area contributed by atoms with E-state index in [1.165, 1.54) is 18.1 Å². The van der Waals surface area contributed by atoms with E-state index >= 15 is 0 Å². The lowest BCUT2D eigenvalue weighted by Crippen LogP contribution is -2.32. The lowest BCUT2D eigenvalue weighted by atomic mass is 9.95. The first-order valence-corrected chi connectivity index (χ1v) is 10.0. The summed E-state index contributed by atoms with van der Waals surface area (Å²) < 4.78 is 5.15. The third-order valence-electron chi connectivity index (χ3n) is 5.08. The smallest absolute Gasteiger partial charge is 0.295 e. The molecule has 1 heterocycles. The van der Waals surface area contributed by atoms with E-state index in [1.807, 2.05) is 49.3 Å². The van der Waals surface area contributed by atoms with Gasteiger partial charge in [0.05, 0.1) is 23.7 Å². The molecule has 1 fully saturated rings. The number of ketones is 1. The average Bonchev–Trinajstić information content (AvgIpc) is 2.98. The van der Waals surface area contributed by atoms with Gasteiger partial charge in [0, 0.05) is 12.1 Å². The number of aliphatic hydroxyl groups is 1. The molecule has 2 aromatic rings. The Hall–Kier alpha value is -2.83. The number of ether oxygens (including phenoxy) is 1. The maximum atomic E-state index is 12.9. The molecule has 30 heavy (non-hydrogen) atoms. The van der Waals surface area contributed by atoms with E-state index in [9.17, 15) is 14.7 Å². The molecular weight excluding hydrogens is 404 g/mol. The summed E-state index contributed by atoms with van der Waals surface area (Å²) in [5.74, 6) is -1.10. The second-order valence-corrected chi connectivity index (χ2v) is 7.82. The van der Waals surface area contributed by atoms with Crippen LogP contribution in [-0.4, -0.2) is 60.9 Å². The van der Waals surface area contributed by atoms with E-state index in [0.29, 0.717) is 29.3 Å². The van der Waals surface area contributed by atoms with Gasteiger partial charge in [-0.2, -0.15) is 0 Å². The fourth-order valence-electron chi connectivity index (χ4n) is 3.62. The van der Waals surface area contributed by atoms with E-state index in [0.717, 1.165) is 12.1 Å². The van der Waals surface area contributed by atoms with Gasteiger partial charge in [0.1, 0.15) is 11.5 Å². The summed E-state index contributed by atoms with van der Waals surface area (Å²) in [6.45, 7) is 1.18. The molecule has 1 aliphatic heterocycles. The van der Waals surface area contributed by atoms with Gasteiger partial charge in [0.15, 0.2) is 0 Å². The quantitative estimate of drug-likeness (QED) is 0.413. The molecule has 7 heteroatoms. The SMILES string of the molecule is COc1ccc(/C(O)=C2/C(=O)C(=O)N(CCCN(C)C)[C@H]2c2ccccc2)cc1Cl. The van der Waals surface area contributed by atoms with Crippen molar-refractivity contribution in [2.75, 3.05) is 34.3 Å². The summed E-state index contributed by atoms with van der Waals surface area (Å²) >= 11 is 6.20. The van der Waals surface area contributed by atoms with Crippen LogP contribution in [0.15, 0.2) is 54.1 Å². The number of likely N-dealkylation sites (tertiary alicyclic amines) is 1. The Balaban J connectivity index is 2.08. The van der Waals surface area contributed by atoms with Gasteiger partial charge in [-0.25, -0.2) is 0 Å². The van der Waals surface area contributed by atoms with Gasteiger partial charge >= 0.3 is 0 Å². The molecule has 0 bridgehead atoms. The number of rotatable bonds is 7. The van der Waals surface area contributed by atoms with Gasteiger partial charge in [-0.1, -0.05) is 41.9 Å². The lowest BCUT2D eigenvalue weighted by molar-refractivity contribution is -0.139. The number of Topliss-reactive ketones (excluding diaryl/α,β-unsaturated/α-hetero) is 1. The van der Waals surface area contributed by atoms with E-state index in [2.05, 4.69) is 0 Å². The molecule has 1 atom stereocenters. The van der Waals surface area contributed by atoms with Crippen LogP contribution in [0.2, 0.25) is 5.02 Å². The van der Waals surface area contributed by atoms with Crippen LogP contribution in [0, 0.1) is 0 Å². The molecule has 3 rings (SSSR count). The Morgan fingerprint density at radius 3 is 2.47 bits per heavy atom. The monoisotopic (exact) mass is 428 g/mol. The maximum Gasteiger partial charge on any atom is 0.295 e. The van der Waals surface area contributed by atoms with E-state index in [4.69, 9.17) is 16.3 Å². The van der Waals surface area contributed by atoms with Crippen LogP contribution >= 0.6 is 11.6 Å². The Morgan fingerprint density at radius 2 is 1.87 bits per heavy atom. The van der Waals surface area contributed by atoms with Crippen LogP contribution in [-0.2, 0) is 9.59 Å². The van der Waals surface area contributed by atoms with E-state index in [1.54, 1.807) is 12.1 Å². The average molecular weight is 429 g/mol. The number of aliphatic hydroxyl groups excluding tert-OH is 1. The maximum absolute atomic E-state index is 12.9. The third kappa shape index (κ3) is 4.35. The summed E-state index contributed by atoms with van der Waals surface area (Å²) in [7, 11) is 5.40. The van der Waals surface area contributed by atoms with Gasteiger partial charge in [0.25, 0.3) is 11.7 Å². The summed E-state index contributed by atoms with van der Waals surface area (Å²) in [5, 5.41) is 11.3. The first kappa shape index (κ1) is 21.9. The Morgan fingerprint density at radius 1 is 1.17 bits per heavy atom. The van der Waals surface area contributed by atoms with Crippen molar-refractivity contribution in [2.45, 2.75) is 12.5 Å². The number of halogens is 1. The van der Waals surface area contributed by atoms with Crippen molar-refractivity contribution in [3.05, 3.63) is 70.3 Å². The predicted octanol–water partition coefficient (Wildman–Crippen LogP) is 3.72. The molecule has 0 radical (unpaired) electrons. The van der Waals surface area contributed by atoms with Crippen LogP contribution < -0.4 is 4.74 Å². The highest BCUT2D eigenvalue weighted by molar-refractivity contribution is 6.46. The first-order chi connectivity index (χ1) is 14.3. The Labute approximate surface area is 181 Å². The van der Waals surface area contributed by atoms with E-state index in [-0.39, 0.29) is 11.3 Å². The topological polar surface area (TPSA) is 70.1 Å². The van der Waals surface area contributed by atoms with Crippen LogP contribution in [0.1, 0.15) is 23.6 Å². The molecule has 0 aliphatic carbocycles. The van der Waals surface area contributed by atoms with Gasteiger partial charge in [-0.3, -0.25) is 9.59 Å².